The lowest BCUT2D eigenvalue weighted by atomic mass is 10.2. The highest BCUT2D eigenvalue weighted by atomic mass is 32.1. The molecule has 0 aromatic heterocycles. The number of nitrogens with one attached hydrogen (secondary N) is 1. The molecule has 0 heterocycles. The predicted molar refractivity (Wildman–Crippen MR) is 83.4 cm³/mol. The highest BCUT2D eigenvalue weighted by molar-refractivity contribution is 7.80. The van der Waals surface area contributed by atoms with Gasteiger partial charge in [-0.2, -0.15) is 12.6 Å². The molecular formula is C13H20N4OS. The summed E-state index contributed by atoms with van der Waals surface area (Å²) in [5, 5.41) is 2.72. The quantitative estimate of drug-likeness (QED) is 0.444. The zero-order valence-electron chi connectivity index (χ0n) is 11.4. The lowest BCUT2D eigenvalue weighted by molar-refractivity contribution is -0.116. The van der Waals surface area contributed by atoms with E-state index in [1.807, 2.05) is 38.1 Å². The Balaban J connectivity index is 2.72. The molecule has 104 valence electrons. The molecule has 3 N–H and O–H groups in total. The van der Waals surface area contributed by atoms with Gasteiger partial charge in [-0.1, -0.05) is 0 Å². The molecule has 0 aliphatic carbocycles. The minimum atomic E-state index is -0.600. The topological polar surface area (TPSA) is 70.7 Å². The third-order valence-corrected chi connectivity index (χ3v) is 3.00. The molecule has 0 aliphatic heterocycles. The molecule has 0 aliphatic rings. The third-order valence-electron chi connectivity index (χ3n) is 2.61. The monoisotopic (exact) mass is 280 g/mol. The second-order valence-corrected chi connectivity index (χ2v) is 4.74. The first kappa shape index (κ1) is 15.5. The van der Waals surface area contributed by atoms with Gasteiger partial charge in [0.25, 0.3) is 0 Å². The van der Waals surface area contributed by atoms with E-state index in [1.165, 1.54) is 0 Å². The van der Waals surface area contributed by atoms with Crippen LogP contribution >= 0.6 is 12.6 Å². The summed E-state index contributed by atoms with van der Waals surface area (Å²) in [5.41, 5.74) is 7.11. The summed E-state index contributed by atoms with van der Waals surface area (Å²) in [6.07, 6.45) is 0. The maximum atomic E-state index is 11.6. The first-order chi connectivity index (χ1) is 8.93. The number of nitrogens with two attached hydrogens (primary N) is 1. The number of carbonyl (C=O) groups is 1. The summed E-state index contributed by atoms with van der Waals surface area (Å²) < 4.78 is 0. The van der Waals surface area contributed by atoms with Crippen LogP contribution < -0.4 is 11.1 Å². The Morgan fingerprint density at radius 2 is 2.00 bits per heavy atom. The van der Waals surface area contributed by atoms with Gasteiger partial charge in [0.05, 0.1) is 11.7 Å². The Morgan fingerprint density at radius 1 is 1.42 bits per heavy atom. The summed E-state index contributed by atoms with van der Waals surface area (Å²) in [7, 11) is 3.87. The van der Waals surface area contributed by atoms with Crippen molar-refractivity contribution in [2.24, 2.45) is 10.7 Å². The van der Waals surface area contributed by atoms with E-state index >= 15 is 0 Å². The molecule has 0 spiro atoms. The highest BCUT2D eigenvalue weighted by Gasteiger charge is 2.10. The molecule has 1 rings (SSSR count). The van der Waals surface area contributed by atoms with E-state index < -0.39 is 6.04 Å². The zero-order chi connectivity index (χ0) is 14.4. The number of amidine groups is 1. The number of anilines is 1. The second kappa shape index (κ2) is 7.16. The maximum Gasteiger partial charge on any atom is 0.242 e. The van der Waals surface area contributed by atoms with E-state index in [1.54, 1.807) is 12.1 Å². The third kappa shape index (κ3) is 4.92. The van der Waals surface area contributed by atoms with Gasteiger partial charge in [0.15, 0.2) is 0 Å². The average Bonchev–Trinajstić information content (AvgIpc) is 2.39. The number of hydrogen-bond acceptors (Lipinski definition) is 4. The van der Waals surface area contributed by atoms with Crippen LogP contribution in [0.5, 0.6) is 0 Å². The Hall–Kier alpha value is -1.53. The Kier molecular flexibility index (Phi) is 5.85. The fourth-order valence-electron chi connectivity index (χ4n) is 1.22. The molecule has 0 saturated carbocycles. The number of thiol groups is 1. The summed E-state index contributed by atoms with van der Waals surface area (Å²) >= 11 is 3.99. The molecule has 0 radical (unpaired) electrons. The fourth-order valence-corrected chi connectivity index (χ4v) is 1.39. The number of rotatable bonds is 4. The molecule has 0 saturated heterocycles. The van der Waals surface area contributed by atoms with Crippen LogP contribution in [0.4, 0.5) is 11.4 Å². The van der Waals surface area contributed by atoms with Gasteiger partial charge in [0.2, 0.25) is 5.91 Å². The van der Waals surface area contributed by atoms with E-state index in [0.717, 1.165) is 11.5 Å². The van der Waals surface area contributed by atoms with Crippen molar-refractivity contribution in [1.82, 2.24) is 4.90 Å². The van der Waals surface area contributed by atoms with Crippen molar-refractivity contribution >= 4 is 35.7 Å². The van der Waals surface area contributed by atoms with Gasteiger partial charge < -0.3 is 16.0 Å². The molecule has 0 bridgehead atoms. The minimum Gasteiger partial charge on any atom is -0.366 e. The van der Waals surface area contributed by atoms with E-state index in [4.69, 9.17) is 5.73 Å². The van der Waals surface area contributed by atoms with Crippen molar-refractivity contribution in [3.63, 3.8) is 0 Å². The normalized spacial score (nSPS) is 13.0. The fraction of sp³-hybridized carbons (Fsp3) is 0.385. The van der Waals surface area contributed by atoms with Crippen LogP contribution in [-0.2, 0) is 4.79 Å². The van der Waals surface area contributed by atoms with Crippen molar-refractivity contribution in [3.05, 3.63) is 24.3 Å². The Bertz CT molecular complexity index is 456. The second-order valence-electron chi connectivity index (χ2n) is 4.38. The summed E-state index contributed by atoms with van der Waals surface area (Å²) in [4.78, 5) is 17.9. The molecular weight excluding hydrogens is 260 g/mol. The number of aliphatic imine (C=N–C) groups is 1. The van der Waals surface area contributed by atoms with Crippen LogP contribution in [0.1, 0.15) is 6.92 Å². The molecule has 0 unspecified atom stereocenters. The van der Waals surface area contributed by atoms with Crippen LogP contribution in [-0.4, -0.2) is 42.5 Å². The van der Waals surface area contributed by atoms with Gasteiger partial charge in [0.1, 0.15) is 5.84 Å². The molecule has 19 heavy (non-hydrogen) atoms. The molecule has 1 atom stereocenters. The van der Waals surface area contributed by atoms with Crippen molar-refractivity contribution in [3.8, 4) is 0 Å². The van der Waals surface area contributed by atoms with Gasteiger partial charge in [-0.25, -0.2) is 4.99 Å². The summed E-state index contributed by atoms with van der Waals surface area (Å²) in [5.74, 6) is 0.987. The lowest BCUT2D eigenvalue weighted by Crippen LogP contribution is -2.37. The van der Waals surface area contributed by atoms with Gasteiger partial charge in [0, 0.05) is 25.5 Å². The zero-order valence-corrected chi connectivity index (χ0v) is 12.3. The smallest absolute Gasteiger partial charge is 0.242 e. The first-order valence-electron chi connectivity index (χ1n) is 5.94. The van der Waals surface area contributed by atoms with Crippen LogP contribution in [0.3, 0.4) is 0 Å². The number of nitrogens with zero attached hydrogens (tertiary/aromatic N) is 2. The van der Waals surface area contributed by atoms with E-state index in [0.29, 0.717) is 11.4 Å². The molecule has 0 fully saturated rings. The number of benzene rings is 1. The Labute approximate surface area is 119 Å². The van der Waals surface area contributed by atoms with Crippen LogP contribution in [0.25, 0.3) is 0 Å². The van der Waals surface area contributed by atoms with Gasteiger partial charge >= 0.3 is 0 Å². The standard InChI is InChI=1S/C13H20N4OS/c1-9(17(2)3)15-10-4-6-11(7-5-10)16-13(18)12(14)8-19/h4-7,12,19H,8,14H2,1-3H3,(H,16,18)/b15-9+/t12-/m0/s1. The van der Waals surface area contributed by atoms with E-state index in [2.05, 4.69) is 22.9 Å². The van der Waals surface area contributed by atoms with E-state index in [9.17, 15) is 4.79 Å². The molecule has 1 amide bonds. The largest absolute Gasteiger partial charge is 0.366 e. The molecule has 6 heteroatoms. The maximum absolute atomic E-state index is 11.6. The minimum absolute atomic E-state index is 0.240. The van der Waals surface area contributed by atoms with Crippen molar-refractivity contribution in [2.45, 2.75) is 13.0 Å². The van der Waals surface area contributed by atoms with Gasteiger partial charge in [-0.3, -0.25) is 4.79 Å². The predicted octanol–water partition coefficient (Wildman–Crippen LogP) is 1.49. The number of hydrogen-bond donors (Lipinski definition) is 3. The van der Waals surface area contributed by atoms with E-state index in [-0.39, 0.29) is 5.91 Å². The Morgan fingerprint density at radius 3 is 2.47 bits per heavy atom. The molecule has 1 aromatic carbocycles. The van der Waals surface area contributed by atoms with Crippen molar-refractivity contribution in [2.75, 3.05) is 25.2 Å². The van der Waals surface area contributed by atoms with Crippen LogP contribution in [0.2, 0.25) is 0 Å². The van der Waals surface area contributed by atoms with Crippen LogP contribution in [0, 0.1) is 0 Å². The first-order valence-corrected chi connectivity index (χ1v) is 6.57. The van der Waals surface area contributed by atoms with Gasteiger partial charge in [-0.05, 0) is 31.2 Å². The van der Waals surface area contributed by atoms with Crippen LogP contribution in [0.15, 0.2) is 29.3 Å². The summed E-state index contributed by atoms with van der Waals surface area (Å²) in [6, 6.07) is 6.68. The number of carbonyl (C=O) groups excluding carboxylic acids is 1. The molecule has 1 aromatic rings. The number of amides is 1. The average molecular weight is 280 g/mol. The van der Waals surface area contributed by atoms with Crippen molar-refractivity contribution < 1.29 is 4.79 Å². The van der Waals surface area contributed by atoms with Gasteiger partial charge in [-0.15, -0.1) is 0 Å². The molecule has 5 nitrogen and oxygen atoms in total. The summed E-state index contributed by atoms with van der Waals surface area (Å²) in [6.45, 7) is 1.93. The van der Waals surface area contributed by atoms with Crippen molar-refractivity contribution in [1.29, 1.82) is 0 Å². The lowest BCUT2D eigenvalue weighted by Gasteiger charge is -2.12. The highest BCUT2D eigenvalue weighted by Crippen LogP contribution is 2.17. The SMILES string of the molecule is C/C(=N\c1ccc(NC(=O)[C@@H](N)CS)cc1)N(C)C.